The summed E-state index contributed by atoms with van der Waals surface area (Å²) in [6.07, 6.45) is 0.703. The summed E-state index contributed by atoms with van der Waals surface area (Å²) in [5, 5.41) is 8.91. The minimum absolute atomic E-state index is 0.0507. The van der Waals surface area contributed by atoms with Gasteiger partial charge in [0, 0.05) is 42.8 Å². The van der Waals surface area contributed by atoms with E-state index in [4.69, 9.17) is 20.9 Å². The normalized spacial score (nSPS) is 13.5. The van der Waals surface area contributed by atoms with Crippen molar-refractivity contribution >= 4 is 17.5 Å². The molecule has 0 aliphatic carbocycles. The molecule has 140 valence electrons. The van der Waals surface area contributed by atoms with Crippen LogP contribution in [0.3, 0.4) is 0 Å². The number of aromatic nitrogens is 4. The number of fused-ring (bicyclic) bond motifs is 1. The van der Waals surface area contributed by atoms with E-state index in [0.717, 1.165) is 11.3 Å². The van der Waals surface area contributed by atoms with Crippen molar-refractivity contribution in [2.45, 2.75) is 19.9 Å². The predicted molar refractivity (Wildman–Crippen MR) is 97.3 cm³/mol. The molecule has 0 spiro atoms. The summed E-state index contributed by atoms with van der Waals surface area (Å²) < 4.78 is 12.7. The molecule has 1 aromatic carbocycles. The molecule has 0 saturated heterocycles. The van der Waals surface area contributed by atoms with Gasteiger partial charge in [-0.1, -0.05) is 22.8 Å². The number of aryl methyl sites for hydroxylation is 2. The molecule has 1 amide bonds. The number of amides is 1. The molecule has 0 radical (unpaired) electrons. The Balaban J connectivity index is 1.50. The fourth-order valence-corrected chi connectivity index (χ4v) is 3.34. The SMILES string of the molecule is Cc1noc(-c2nn(C)c3c2CN(C(=O)COc2cccc(Cl)c2)CC3)n1. The van der Waals surface area contributed by atoms with Gasteiger partial charge in [-0.2, -0.15) is 10.1 Å². The number of nitrogens with zero attached hydrogens (tertiary/aromatic N) is 5. The van der Waals surface area contributed by atoms with Crippen molar-refractivity contribution in [3.05, 3.63) is 46.4 Å². The summed E-state index contributed by atoms with van der Waals surface area (Å²) in [5.41, 5.74) is 2.63. The van der Waals surface area contributed by atoms with E-state index in [1.54, 1.807) is 36.1 Å². The largest absolute Gasteiger partial charge is 0.484 e. The van der Waals surface area contributed by atoms with Gasteiger partial charge in [-0.15, -0.1) is 0 Å². The first-order valence-corrected chi connectivity index (χ1v) is 8.90. The van der Waals surface area contributed by atoms with Crippen molar-refractivity contribution in [3.8, 4) is 17.3 Å². The van der Waals surface area contributed by atoms with Crippen molar-refractivity contribution in [2.75, 3.05) is 13.2 Å². The number of hydrogen-bond acceptors (Lipinski definition) is 6. The summed E-state index contributed by atoms with van der Waals surface area (Å²) >= 11 is 5.94. The first kappa shape index (κ1) is 17.5. The number of benzene rings is 1. The number of ether oxygens (including phenoxy) is 1. The molecule has 9 heteroatoms. The highest BCUT2D eigenvalue weighted by molar-refractivity contribution is 6.30. The quantitative estimate of drug-likeness (QED) is 0.683. The fourth-order valence-electron chi connectivity index (χ4n) is 3.16. The number of halogens is 1. The molecule has 0 N–H and O–H groups in total. The molecule has 3 aromatic rings. The molecule has 1 aliphatic rings. The molecule has 27 heavy (non-hydrogen) atoms. The van der Waals surface area contributed by atoms with Crippen LogP contribution in [0.2, 0.25) is 5.02 Å². The third-order valence-electron chi connectivity index (χ3n) is 4.48. The van der Waals surface area contributed by atoms with Gasteiger partial charge in [0.05, 0.1) is 0 Å². The summed E-state index contributed by atoms with van der Waals surface area (Å²) in [5.74, 6) is 1.38. The standard InChI is InChI=1S/C18H18ClN5O3/c1-11-20-18(27-22-11)17-14-9-24(7-6-15(14)23(2)21-17)16(25)10-26-13-5-3-4-12(19)8-13/h3-5,8H,6-7,9-10H2,1-2H3. The van der Waals surface area contributed by atoms with Crippen LogP contribution in [0, 0.1) is 6.92 Å². The van der Waals surface area contributed by atoms with Crippen molar-refractivity contribution in [3.63, 3.8) is 0 Å². The van der Waals surface area contributed by atoms with Crippen molar-refractivity contribution in [1.82, 2.24) is 24.8 Å². The fraction of sp³-hybridized carbons (Fsp3) is 0.333. The highest BCUT2D eigenvalue weighted by Gasteiger charge is 2.29. The number of hydrogen-bond donors (Lipinski definition) is 0. The third kappa shape index (κ3) is 3.52. The van der Waals surface area contributed by atoms with Gasteiger partial charge < -0.3 is 14.2 Å². The van der Waals surface area contributed by atoms with E-state index in [2.05, 4.69) is 15.2 Å². The van der Waals surface area contributed by atoms with Gasteiger partial charge in [-0.3, -0.25) is 9.48 Å². The van der Waals surface area contributed by atoms with Gasteiger partial charge in [-0.25, -0.2) is 0 Å². The van der Waals surface area contributed by atoms with Gasteiger partial charge in [0.1, 0.15) is 5.75 Å². The van der Waals surface area contributed by atoms with Gasteiger partial charge in [-0.05, 0) is 25.1 Å². The van der Waals surface area contributed by atoms with Gasteiger partial charge in [0.25, 0.3) is 11.8 Å². The van der Waals surface area contributed by atoms with Gasteiger partial charge in [0.15, 0.2) is 18.1 Å². The monoisotopic (exact) mass is 387 g/mol. The lowest BCUT2D eigenvalue weighted by Crippen LogP contribution is -2.39. The van der Waals surface area contributed by atoms with Crippen LogP contribution in [0.1, 0.15) is 17.1 Å². The van der Waals surface area contributed by atoms with E-state index < -0.39 is 0 Å². The molecule has 0 saturated carbocycles. The summed E-state index contributed by atoms with van der Waals surface area (Å²) in [4.78, 5) is 18.6. The van der Waals surface area contributed by atoms with E-state index in [1.165, 1.54) is 0 Å². The highest BCUT2D eigenvalue weighted by Crippen LogP contribution is 2.29. The maximum absolute atomic E-state index is 12.6. The summed E-state index contributed by atoms with van der Waals surface area (Å²) in [6, 6.07) is 6.99. The summed E-state index contributed by atoms with van der Waals surface area (Å²) in [6.45, 7) is 2.74. The molecule has 0 atom stereocenters. The molecule has 4 rings (SSSR count). The van der Waals surface area contributed by atoms with Crippen LogP contribution in [0.15, 0.2) is 28.8 Å². The zero-order valence-electron chi connectivity index (χ0n) is 15.0. The Hall–Kier alpha value is -2.87. The lowest BCUT2D eigenvalue weighted by atomic mass is 10.0. The topological polar surface area (TPSA) is 86.3 Å². The van der Waals surface area contributed by atoms with Crippen LogP contribution >= 0.6 is 11.6 Å². The highest BCUT2D eigenvalue weighted by atomic mass is 35.5. The van der Waals surface area contributed by atoms with Gasteiger partial charge >= 0.3 is 0 Å². The van der Waals surface area contributed by atoms with Crippen LogP contribution in [0.5, 0.6) is 5.75 Å². The molecule has 1 aliphatic heterocycles. The van der Waals surface area contributed by atoms with Crippen LogP contribution in [-0.4, -0.2) is 43.9 Å². The average Bonchev–Trinajstić information content (AvgIpc) is 3.23. The lowest BCUT2D eigenvalue weighted by Gasteiger charge is -2.27. The van der Waals surface area contributed by atoms with E-state index >= 15 is 0 Å². The zero-order chi connectivity index (χ0) is 19.0. The molecule has 3 heterocycles. The van der Waals surface area contributed by atoms with Gasteiger partial charge in [0.2, 0.25) is 0 Å². The molecule has 0 fully saturated rings. The minimum atomic E-state index is -0.0999. The maximum Gasteiger partial charge on any atom is 0.278 e. The Bertz CT molecular complexity index is 997. The predicted octanol–water partition coefficient (Wildman–Crippen LogP) is 2.40. The molecular weight excluding hydrogens is 370 g/mol. The Morgan fingerprint density at radius 1 is 1.41 bits per heavy atom. The molecule has 8 nitrogen and oxygen atoms in total. The number of carbonyl (C=O) groups is 1. The molecule has 2 aromatic heterocycles. The van der Waals surface area contributed by atoms with Crippen LogP contribution in [0.4, 0.5) is 0 Å². The van der Waals surface area contributed by atoms with Crippen molar-refractivity contribution in [2.24, 2.45) is 7.05 Å². The summed E-state index contributed by atoms with van der Waals surface area (Å²) in [7, 11) is 1.88. The van der Waals surface area contributed by atoms with Crippen LogP contribution in [0.25, 0.3) is 11.6 Å². The first-order chi connectivity index (χ1) is 13.0. The molecular formula is C18H18ClN5O3. The zero-order valence-corrected chi connectivity index (χ0v) is 15.7. The smallest absolute Gasteiger partial charge is 0.278 e. The van der Waals surface area contributed by atoms with Crippen molar-refractivity contribution < 1.29 is 14.1 Å². The Morgan fingerprint density at radius 2 is 2.26 bits per heavy atom. The van der Waals surface area contributed by atoms with E-state index in [-0.39, 0.29) is 12.5 Å². The van der Waals surface area contributed by atoms with E-state index in [1.807, 2.05) is 11.7 Å². The van der Waals surface area contributed by atoms with E-state index in [0.29, 0.717) is 47.7 Å². The number of rotatable bonds is 4. The van der Waals surface area contributed by atoms with Crippen LogP contribution < -0.4 is 4.74 Å². The maximum atomic E-state index is 12.6. The Kier molecular flexibility index (Phi) is 4.57. The lowest BCUT2D eigenvalue weighted by molar-refractivity contribution is -0.134. The second-order valence-corrected chi connectivity index (χ2v) is 6.79. The number of carbonyl (C=O) groups excluding carboxylic acids is 1. The molecule has 0 unspecified atom stereocenters. The third-order valence-corrected chi connectivity index (χ3v) is 4.72. The van der Waals surface area contributed by atoms with Crippen LogP contribution in [-0.2, 0) is 24.8 Å². The second-order valence-electron chi connectivity index (χ2n) is 6.36. The van der Waals surface area contributed by atoms with Crippen molar-refractivity contribution in [1.29, 1.82) is 0 Å². The Morgan fingerprint density at radius 3 is 3.00 bits per heavy atom. The molecule has 0 bridgehead atoms. The second kappa shape index (κ2) is 7.03. The van der Waals surface area contributed by atoms with E-state index in [9.17, 15) is 4.79 Å². The average molecular weight is 388 g/mol. The minimum Gasteiger partial charge on any atom is -0.484 e. The first-order valence-electron chi connectivity index (χ1n) is 8.53. The Labute approximate surface area is 160 Å².